The van der Waals surface area contributed by atoms with Gasteiger partial charge in [0, 0.05) is 18.8 Å². The zero-order chi connectivity index (χ0) is 22.2. The molecule has 0 aliphatic carbocycles. The number of unbranched alkanes of at least 4 members (excludes halogenated alkanes) is 1. The number of halogens is 2. The summed E-state index contributed by atoms with van der Waals surface area (Å²) in [6.07, 6.45) is 11.6. The van der Waals surface area contributed by atoms with Gasteiger partial charge in [0.1, 0.15) is 30.1 Å². The molecule has 0 fully saturated rings. The van der Waals surface area contributed by atoms with E-state index in [4.69, 9.17) is 20.8 Å². The number of aromatic nitrogens is 4. The highest BCUT2D eigenvalue weighted by Gasteiger charge is 2.04. The molecule has 0 unspecified atom stereocenters. The molecule has 0 aliphatic rings. The second-order valence-corrected chi connectivity index (χ2v) is 7.65. The Labute approximate surface area is 190 Å². The van der Waals surface area contributed by atoms with E-state index in [0.29, 0.717) is 23.8 Å². The van der Waals surface area contributed by atoms with Gasteiger partial charge in [-0.2, -0.15) is 0 Å². The van der Waals surface area contributed by atoms with Crippen LogP contribution in [0.25, 0.3) is 12.2 Å². The summed E-state index contributed by atoms with van der Waals surface area (Å²) in [6.45, 7) is 1.18. The van der Waals surface area contributed by atoms with Gasteiger partial charge >= 0.3 is 0 Å². The smallest absolute Gasteiger partial charge is 0.218 e. The van der Waals surface area contributed by atoms with E-state index >= 15 is 0 Å². The monoisotopic (exact) mass is 452 g/mol. The van der Waals surface area contributed by atoms with Crippen molar-refractivity contribution < 1.29 is 13.5 Å². The fourth-order valence-corrected chi connectivity index (χ4v) is 3.23. The van der Waals surface area contributed by atoms with Crippen LogP contribution in [0.5, 0.6) is 5.75 Å². The minimum Gasteiger partial charge on any atom is -0.487 e. The van der Waals surface area contributed by atoms with E-state index in [0.717, 1.165) is 31.6 Å². The van der Waals surface area contributed by atoms with Crippen molar-refractivity contribution in [3.05, 3.63) is 94.7 Å². The molecular formula is C24H22ClFN4O2. The fraction of sp³-hybridized carbons (Fsp3) is 0.208. The number of ether oxygens (including phenoxy) is 1. The van der Waals surface area contributed by atoms with Gasteiger partial charge in [-0.3, -0.25) is 4.68 Å². The molecule has 0 N–H and O–H groups in total. The van der Waals surface area contributed by atoms with Gasteiger partial charge in [-0.1, -0.05) is 35.0 Å². The standard InChI is InChI=1S/C24H22ClFN4O2/c25-22-10-6-19(15-23(22)26)7-11-24-28-20(17-32-24)16-31-21-8-4-18(5-9-21)3-1-2-13-30-14-12-27-29-30/h4-12,14-15,17H,1-3,13,16H2/b11-7+. The van der Waals surface area contributed by atoms with Gasteiger partial charge in [-0.15, -0.1) is 5.10 Å². The Kier molecular flexibility index (Phi) is 7.30. The largest absolute Gasteiger partial charge is 0.487 e. The van der Waals surface area contributed by atoms with Gasteiger partial charge in [0.05, 0.1) is 11.2 Å². The van der Waals surface area contributed by atoms with E-state index in [2.05, 4.69) is 27.4 Å². The molecule has 8 heteroatoms. The van der Waals surface area contributed by atoms with Gasteiger partial charge in [-0.25, -0.2) is 9.37 Å². The Morgan fingerprint density at radius 2 is 1.97 bits per heavy atom. The van der Waals surface area contributed by atoms with Gasteiger partial charge in [-0.05, 0) is 60.7 Å². The lowest BCUT2D eigenvalue weighted by Crippen LogP contribution is -1.99. The first-order chi connectivity index (χ1) is 15.7. The topological polar surface area (TPSA) is 66.0 Å². The van der Waals surface area contributed by atoms with Crippen molar-refractivity contribution in [1.82, 2.24) is 20.0 Å². The quantitative estimate of drug-likeness (QED) is 0.283. The average molecular weight is 453 g/mol. The van der Waals surface area contributed by atoms with Crippen LogP contribution < -0.4 is 4.74 Å². The van der Waals surface area contributed by atoms with Crippen molar-refractivity contribution in [2.75, 3.05) is 0 Å². The van der Waals surface area contributed by atoms with Crippen LogP contribution in [0.1, 0.15) is 35.6 Å². The van der Waals surface area contributed by atoms with E-state index in [-0.39, 0.29) is 5.02 Å². The maximum Gasteiger partial charge on any atom is 0.218 e. The van der Waals surface area contributed by atoms with Crippen LogP contribution in [0, 0.1) is 5.82 Å². The predicted octanol–water partition coefficient (Wildman–Crippen LogP) is 5.83. The maximum absolute atomic E-state index is 13.5. The van der Waals surface area contributed by atoms with Crippen LogP contribution in [0.2, 0.25) is 5.02 Å². The molecule has 0 aliphatic heterocycles. The van der Waals surface area contributed by atoms with Crippen LogP contribution in [-0.4, -0.2) is 20.0 Å². The van der Waals surface area contributed by atoms with Gasteiger partial charge < -0.3 is 9.15 Å². The van der Waals surface area contributed by atoms with Gasteiger partial charge in [0.25, 0.3) is 0 Å². The Morgan fingerprint density at radius 1 is 1.09 bits per heavy atom. The Balaban J connectivity index is 1.22. The van der Waals surface area contributed by atoms with Crippen molar-refractivity contribution in [3.8, 4) is 5.75 Å². The number of hydrogen-bond donors (Lipinski definition) is 0. The molecule has 2 heterocycles. The summed E-state index contributed by atoms with van der Waals surface area (Å²) in [5.41, 5.74) is 2.61. The summed E-state index contributed by atoms with van der Waals surface area (Å²) in [5, 5.41) is 7.86. The molecular weight excluding hydrogens is 431 g/mol. The van der Waals surface area contributed by atoms with Crippen molar-refractivity contribution in [1.29, 1.82) is 0 Å². The highest BCUT2D eigenvalue weighted by molar-refractivity contribution is 6.30. The number of nitrogens with zero attached hydrogens (tertiary/aromatic N) is 4. The second kappa shape index (κ2) is 10.7. The van der Waals surface area contributed by atoms with Crippen LogP contribution in [0.3, 0.4) is 0 Å². The molecule has 0 radical (unpaired) electrons. The number of rotatable bonds is 10. The number of benzene rings is 2. The Hall–Kier alpha value is -3.45. The molecule has 0 spiro atoms. The summed E-state index contributed by atoms with van der Waals surface area (Å²) in [6, 6.07) is 12.7. The first-order valence-electron chi connectivity index (χ1n) is 10.3. The van der Waals surface area contributed by atoms with E-state index in [1.807, 2.05) is 23.0 Å². The third kappa shape index (κ3) is 6.28. The normalized spacial score (nSPS) is 11.3. The minimum atomic E-state index is -0.465. The first-order valence-corrected chi connectivity index (χ1v) is 10.7. The number of aryl methyl sites for hydroxylation is 2. The molecule has 0 saturated heterocycles. The van der Waals surface area contributed by atoms with Crippen LogP contribution >= 0.6 is 11.6 Å². The summed E-state index contributed by atoms with van der Waals surface area (Å²) >= 11 is 5.69. The number of hydrogen-bond acceptors (Lipinski definition) is 5. The molecule has 4 rings (SSSR count). The van der Waals surface area contributed by atoms with E-state index in [9.17, 15) is 4.39 Å². The molecule has 2 aromatic heterocycles. The van der Waals surface area contributed by atoms with Crippen molar-refractivity contribution in [2.45, 2.75) is 32.4 Å². The van der Waals surface area contributed by atoms with Crippen molar-refractivity contribution in [2.24, 2.45) is 0 Å². The summed E-state index contributed by atoms with van der Waals surface area (Å²) in [4.78, 5) is 4.36. The van der Waals surface area contributed by atoms with E-state index in [1.165, 1.54) is 17.7 Å². The summed E-state index contributed by atoms with van der Waals surface area (Å²) in [5.74, 6) is 0.724. The lowest BCUT2D eigenvalue weighted by Gasteiger charge is -2.06. The third-order valence-electron chi connectivity index (χ3n) is 4.82. The zero-order valence-electron chi connectivity index (χ0n) is 17.3. The molecule has 2 aromatic carbocycles. The zero-order valence-corrected chi connectivity index (χ0v) is 18.1. The van der Waals surface area contributed by atoms with Crippen molar-refractivity contribution in [3.63, 3.8) is 0 Å². The minimum absolute atomic E-state index is 0.0916. The maximum atomic E-state index is 13.5. The lowest BCUT2D eigenvalue weighted by atomic mass is 10.1. The molecule has 0 bridgehead atoms. The summed E-state index contributed by atoms with van der Waals surface area (Å²) < 4.78 is 26.6. The molecule has 0 saturated carbocycles. The molecule has 164 valence electrons. The highest BCUT2D eigenvalue weighted by atomic mass is 35.5. The SMILES string of the molecule is Fc1cc(/C=C/c2nc(COc3ccc(CCCCn4ccnn4)cc3)co2)ccc1Cl. The molecule has 4 aromatic rings. The summed E-state index contributed by atoms with van der Waals surface area (Å²) in [7, 11) is 0. The van der Waals surface area contributed by atoms with Crippen LogP contribution in [0.15, 0.2) is 65.5 Å². The third-order valence-corrected chi connectivity index (χ3v) is 5.12. The molecule has 0 amide bonds. The highest BCUT2D eigenvalue weighted by Crippen LogP contribution is 2.18. The number of oxazole rings is 1. The average Bonchev–Trinajstić information content (AvgIpc) is 3.49. The molecule has 6 nitrogen and oxygen atoms in total. The Bertz CT molecular complexity index is 1160. The Morgan fingerprint density at radius 3 is 2.75 bits per heavy atom. The van der Waals surface area contributed by atoms with E-state index in [1.54, 1.807) is 30.7 Å². The predicted molar refractivity (Wildman–Crippen MR) is 121 cm³/mol. The lowest BCUT2D eigenvalue weighted by molar-refractivity contribution is 0.301. The van der Waals surface area contributed by atoms with Crippen LogP contribution in [-0.2, 0) is 19.6 Å². The van der Waals surface area contributed by atoms with E-state index < -0.39 is 5.82 Å². The molecule has 32 heavy (non-hydrogen) atoms. The van der Waals surface area contributed by atoms with Gasteiger partial charge in [0.15, 0.2) is 0 Å². The second-order valence-electron chi connectivity index (χ2n) is 7.24. The van der Waals surface area contributed by atoms with Crippen LogP contribution in [0.4, 0.5) is 4.39 Å². The van der Waals surface area contributed by atoms with Gasteiger partial charge in [0.2, 0.25) is 5.89 Å². The first kappa shape index (κ1) is 21.8. The fourth-order valence-electron chi connectivity index (χ4n) is 3.11. The van der Waals surface area contributed by atoms with Crippen molar-refractivity contribution >= 4 is 23.8 Å². The molecule has 0 atom stereocenters.